The molecule has 1 N–H and O–H groups in total. The molecule has 0 aliphatic heterocycles. The van der Waals surface area contributed by atoms with Gasteiger partial charge in [-0.3, -0.25) is 0 Å². The van der Waals surface area contributed by atoms with E-state index in [4.69, 9.17) is 34.8 Å². The molecule has 0 heterocycles. The Balaban J connectivity index is 1.82. The zero-order valence-electron chi connectivity index (χ0n) is 10.8. The molecule has 0 saturated heterocycles. The van der Waals surface area contributed by atoms with Crippen LogP contribution in [0.15, 0.2) is 23.8 Å². The van der Waals surface area contributed by atoms with Crippen LogP contribution in [0.3, 0.4) is 0 Å². The molecule has 1 aliphatic carbocycles. The Morgan fingerprint density at radius 2 is 1.84 bits per heavy atom. The molecule has 2 rings (SSSR count). The molecule has 0 atom stereocenters. The topological polar surface area (TPSA) is 12.0 Å². The van der Waals surface area contributed by atoms with Crippen LogP contribution in [0, 0.1) is 0 Å². The SMILES string of the molecule is Clc1ccc(Cl)c(CNCCC2=CCCCC2)c1Cl. The predicted octanol–water partition coefficient (Wildman–Crippen LogP) is 5.63. The van der Waals surface area contributed by atoms with Crippen molar-refractivity contribution in [2.24, 2.45) is 0 Å². The molecule has 19 heavy (non-hydrogen) atoms. The lowest BCUT2D eigenvalue weighted by Crippen LogP contribution is -2.16. The van der Waals surface area contributed by atoms with Crippen molar-refractivity contribution in [3.05, 3.63) is 44.4 Å². The number of hydrogen-bond acceptors (Lipinski definition) is 1. The van der Waals surface area contributed by atoms with Gasteiger partial charge in [0.25, 0.3) is 0 Å². The van der Waals surface area contributed by atoms with Crippen LogP contribution in [0.2, 0.25) is 15.1 Å². The second-order valence-corrected chi connectivity index (χ2v) is 6.05. The number of allylic oxidation sites excluding steroid dienone is 1. The summed E-state index contributed by atoms with van der Waals surface area (Å²) in [6.45, 7) is 1.61. The molecule has 1 aromatic carbocycles. The van der Waals surface area contributed by atoms with Gasteiger partial charge in [0.1, 0.15) is 0 Å². The summed E-state index contributed by atoms with van der Waals surface area (Å²) in [5.41, 5.74) is 2.45. The predicted molar refractivity (Wildman–Crippen MR) is 84.3 cm³/mol. The van der Waals surface area contributed by atoms with E-state index in [9.17, 15) is 0 Å². The molecule has 0 unspecified atom stereocenters. The fraction of sp³-hybridized carbons (Fsp3) is 0.467. The Morgan fingerprint density at radius 3 is 2.58 bits per heavy atom. The average Bonchev–Trinajstić information content (AvgIpc) is 2.43. The largest absolute Gasteiger partial charge is 0.312 e. The minimum absolute atomic E-state index is 0.554. The maximum atomic E-state index is 6.16. The third-order valence-corrected chi connectivity index (χ3v) is 4.65. The Morgan fingerprint density at radius 1 is 1.05 bits per heavy atom. The Hall–Kier alpha value is -0.210. The lowest BCUT2D eigenvalue weighted by atomic mass is 9.97. The van der Waals surface area contributed by atoms with Crippen LogP contribution in [0.25, 0.3) is 0 Å². The number of nitrogens with one attached hydrogen (secondary N) is 1. The van der Waals surface area contributed by atoms with E-state index in [0.29, 0.717) is 21.6 Å². The third-order valence-electron chi connectivity index (χ3n) is 3.45. The van der Waals surface area contributed by atoms with E-state index in [1.165, 1.54) is 25.7 Å². The zero-order valence-corrected chi connectivity index (χ0v) is 13.1. The molecule has 0 spiro atoms. The van der Waals surface area contributed by atoms with Crippen molar-refractivity contribution in [2.45, 2.75) is 38.6 Å². The highest BCUT2D eigenvalue weighted by Gasteiger charge is 2.09. The van der Waals surface area contributed by atoms with Gasteiger partial charge in [-0.15, -0.1) is 0 Å². The van der Waals surface area contributed by atoms with E-state index in [1.54, 1.807) is 17.7 Å². The Bertz CT molecular complexity index is 469. The molecule has 0 fully saturated rings. The molecule has 0 saturated carbocycles. The molecule has 4 heteroatoms. The van der Waals surface area contributed by atoms with Crippen molar-refractivity contribution in [2.75, 3.05) is 6.54 Å². The summed E-state index contributed by atoms with van der Waals surface area (Å²) in [6, 6.07) is 3.51. The maximum absolute atomic E-state index is 6.16. The van der Waals surface area contributed by atoms with Crippen LogP contribution < -0.4 is 5.32 Å². The monoisotopic (exact) mass is 317 g/mol. The van der Waals surface area contributed by atoms with E-state index in [0.717, 1.165) is 18.5 Å². The van der Waals surface area contributed by atoms with Gasteiger partial charge in [0.15, 0.2) is 0 Å². The quantitative estimate of drug-likeness (QED) is 0.421. The van der Waals surface area contributed by atoms with Gasteiger partial charge in [-0.2, -0.15) is 0 Å². The van der Waals surface area contributed by atoms with Crippen molar-refractivity contribution in [1.29, 1.82) is 0 Å². The zero-order chi connectivity index (χ0) is 13.7. The summed E-state index contributed by atoms with van der Waals surface area (Å²) in [4.78, 5) is 0. The van der Waals surface area contributed by atoms with Gasteiger partial charge in [-0.05, 0) is 50.8 Å². The summed E-state index contributed by atoms with van der Waals surface area (Å²) in [5, 5.41) is 5.16. The van der Waals surface area contributed by atoms with Crippen LogP contribution in [-0.4, -0.2) is 6.54 Å². The summed E-state index contributed by atoms with van der Waals surface area (Å²) < 4.78 is 0. The number of halogens is 3. The van der Waals surface area contributed by atoms with E-state index < -0.39 is 0 Å². The first-order chi connectivity index (χ1) is 9.18. The van der Waals surface area contributed by atoms with Gasteiger partial charge in [0.05, 0.1) is 10.0 Å². The summed E-state index contributed by atoms with van der Waals surface area (Å²) in [5.74, 6) is 0. The first-order valence-corrected chi connectivity index (χ1v) is 7.83. The third kappa shape index (κ3) is 4.39. The summed E-state index contributed by atoms with van der Waals surface area (Å²) in [7, 11) is 0. The number of rotatable bonds is 5. The first kappa shape index (κ1) is 15.2. The van der Waals surface area contributed by atoms with E-state index in [1.807, 2.05) is 0 Å². The average molecular weight is 319 g/mol. The molecular formula is C15H18Cl3N. The van der Waals surface area contributed by atoms with Crippen molar-refractivity contribution in [1.82, 2.24) is 5.32 Å². The van der Waals surface area contributed by atoms with Gasteiger partial charge in [0, 0.05) is 17.1 Å². The molecule has 0 radical (unpaired) electrons. The van der Waals surface area contributed by atoms with Crippen LogP contribution in [0.4, 0.5) is 0 Å². The number of benzene rings is 1. The molecule has 0 aromatic heterocycles. The first-order valence-electron chi connectivity index (χ1n) is 6.69. The second kappa shape index (κ2) is 7.54. The van der Waals surface area contributed by atoms with Crippen molar-refractivity contribution in [3.8, 4) is 0 Å². The minimum Gasteiger partial charge on any atom is -0.312 e. The van der Waals surface area contributed by atoms with Crippen LogP contribution in [-0.2, 0) is 6.54 Å². The van der Waals surface area contributed by atoms with Gasteiger partial charge < -0.3 is 5.32 Å². The fourth-order valence-corrected chi connectivity index (χ4v) is 3.01. The van der Waals surface area contributed by atoms with Crippen LogP contribution >= 0.6 is 34.8 Å². The van der Waals surface area contributed by atoms with Crippen molar-refractivity contribution < 1.29 is 0 Å². The smallest absolute Gasteiger partial charge is 0.0652 e. The maximum Gasteiger partial charge on any atom is 0.0652 e. The molecule has 0 amide bonds. The molecule has 1 nitrogen and oxygen atoms in total. The summed E-state index contributed by atoms with van der Waals surface area (Å²) in [6.07, 6.45) is 8.64. The fourth-order valence-electron chi connectivity index (χ4n) is 2.33. The van der Waals surface area contributed by atoms with E-state index in [-0.39, 0.29) is 0 Å². The highest BCUT2D eigenvalue weighted by Crippen LogP contribution is 2.31. The normalized spacial score (nSPS) is 15.4. The lowest BCUT2D eigenvalue weighted by Gasteiger charge is -2.14. The molecule has 104 valence electrons. The van der Waals surface area contributed by atoms with E-state index >= 15 is 0 Å². The van der Waals surface area contributed by atoms with Gasteiger partial charge in [-0.1, -0.05) is 46.5 Å². The Kier molecular flexibility index (Phi) is 6.03. The molecule has 1 aliphatic rings. The Labute approximate surface area is 129 Å². The molecular weight excluding hydrogens is 301 g/mol. The number of hydrogen-bond donors (Lipinski definition) is 1. The van der Waals surface area contributed by atoms with Crippen LogP contribution in [0.1, 0.15) is 37.7 Å². The highest BCUT2D eigenvalue weighted by atomic mass is 35.5. The van der Waals surface area contributed by atoms with Gasteiger partial charge >= 0.3 is 0 Å². The van der Waals surface area contributed by atoms with Gasteiger partial charge in [0.2, 0.25) is 0 Å². The van der Waals surface area contributed by atoms with E-state index in [2.05, 4.69) is 11.4 Å². The van der Waals surface area contributed by atoms with Crippen LogP contribution in [0.5, 0.6) is 0 Å². The molecule has 1 aromatic rings. The van der Waals surface area contributed by atoms with Crippen molar-refractivity contribution in [3.63, 3.8) is 0 Å². The van der Waals surface area contributed by atoms with Crippen molar-refractivity contribution >= 4 is 34.8 Å². The standard InChI is InChI=1S/C15H18Cl3N/c16-13-6-7-14(17)15(18)12(13)10-19-9-8-11-4-2-1-3-5-11/h4,6-7,19H,1-3,5,8-10H2. The second-order valence-electron chi connectivity index (χ2n) is 4.86. The summed E-state index contributed by atoms with van der Waals surface area (Å²) >= 11 is 18.3. The van der Waals surface area contributed by atoms with Gasteiger partial charge in [-0.25, -0.2) is 0 Å². The molecule has 0 bridgehead atoms. The lowest BCUT2D eigenvalue weighted by molar-refractivity contribution is 0.632. The minimum atomic E-state index is 0.554. The highest BCUT2D eigenvalue weighted by molar-refractivity contribution is 6.44.